The van der Waals surface area contributed by atoms with Crippen LogP contribution in [0.5, 0.6) is 5.75 Å². The first kappa shape index (κ1) is 17.0. The molecule has 2 rings (SSSR count). The molecule has 0 aliphatic rings. The van der Waals surface area contributed by atoms with Crippen LogP contribution in [0.3, 0.4) is 0 Å². The Labute approximate surface area is 136 Å². The Kier molecular flexibility index (Phi) is 5.99. The van der Waals surface area contributed by atoms with Crippen LogP contribution in [0.15, 0.2) is 40.6 Å². The van der Waals surface area contributed by atoms with Crippen LogP contribution >= 0.6 is 11.3 Å². The molecule has 1 aromatic heterocycles. The third-order valence-corrected chi connectivity index (χ3v) is 6.29. The fraction of sp³-hybridized carbons (Fsp3) is 0.375. The molecular weight excluding hydrogens is 318 g/mol. The fourth-order valence-electron chi connectivity index (χ4n) is 2.18. The van der Waals surface area contributed by atoms with Crippen molar-refractivity contribution in [3.63, 3.8) is 0 Å². The van der Waals surface area contributed by atoms with E-state index in [1.807, 2.05) is 37.3 Å². The summed E-state index contributed by atoms with van der Waals surface area (Å²) in [7, 11) is -1.69. The maximum absolute atomic E-state index is 12.1. The number of sulfonamides is 1. The van der Waals surface area contributed by atoms with E-state index < -0.39 is 10.0 Å². The first-order chi connectivity index (χ1) is 10.5. The second-order valence-electron chi connectivity index (χ2n) is 5.03. The van der Waals surface area contributed by atoms with Gasteiger partial charge in [-0.25, -0.2) is 13.1 Å². The molecule has 6 heteroatoms. The molecule has 0 saturated heterocycles. The molecule has 2 aromatic rings. The number of methoxy groups -OCH3 is 1. The molecule has 0 unspecified atom stereocenters. The van der Waals surface area contributed by atoms with Crippen molar-refractivity contribution in [3.8, 4) is 5.75 Å². The Balaban J connectivity index is 1.78. The van der Waals surface area contributed by atoms with E-state index in [1.54, 1.807) is 13.2 Å². The number of ether oxygens (including phenoxy) is 1. The molecule has 0 fully saturated rings. The highest BCUT2D eigenvalue weighted by molar-refractivity contribution is 7.91. The van der Waals surface area contributed by atoms with Crippen LogP contribution in [0, 0.1) is 6.92 Å². The van der Waals surface area contributed by atoms with E-state index >= 15 is 0 Å². The molecule has 0 atom stereocenters. The number of para-hydroxylation sites is 1. The minimum atomic E-state index is -3.35. The molecule has 4 nitrogen and oxygen atoms in total. The van der Waals surface area contributed by atoms with Gasteiger partial charge in [-0.3, -0.25) is 0 Å². The Bertz CT molecular complexity index is 708. The summed E-state index contributed by atoms with van der Waals surface area (Å²) in [6, 6.07) is 11.4. The number of nitrogens with one attached hydrogen (secondary N) is 1. The fourth-order valence-corrected chi connectivity index (χ4v) is 4.59. The van der Waals surface area contributed by atoms with Crippen molar-refractivity contribution in [2.75, 3.05) is 13.7 Å². The van der Waals surface area contributed by atoms with Crippen LogP contribution < -0.4 is 9.46 Å². The van der Waals surface area contributed by atoms with Gasteiger partial charge in [-0.15, -0.1) is 11.3 Å². The van der Waals surface area contributed by atoms with Crippen molar-refractivity contribution in [1.82, 2.24) is 4.72 Å². The monoisotopic (exact) mass is 339 g/mol. The number of aryl methyl sites for hydroxylation is 2. The standard InChI is InChI=1S/C16H21NO3S2/c1-13-10-11-16(21-13)22(18,19)17-12-6-5-8-14-7-3-4-9-15(14)20-2/h3-4,7,9-11,17H,5-6,8,12H2,1-2H3. The van der Waals surface area contributed by atoms with Crippen molar-refractivity contribution < 1.29 is 13.2 Å². The topological polar surface area (TPSA) is 55.4 Å². The van der Waals surface area contributed by atoms with Gasteiger partial charge < -0.3 is 4.74 Å². The van der Waals surface area contributed by atoms with Gasteiger partial charge in [0.25, 0.3) is 0 Å². The third-order valence-electron chi connectivity index (χ3n) is 3.34. The highest BCUT2D eigenvalue weighted by Crippen LogP contribution is 2.21. The van der Waals surface area contributed by atoms with Crippen molar-refractivity contribution in [2.24, 2.45) is 0 Å². The van der Waals surface area contributed by atoms with Gasteiger partial charge in [0.2, 0.25) is 10.0 Å². The van der Waals surface area contributed by atoms with Crippen LogP contribution in [-0.4, -0.2) is 22.1 Å². The summed E-state index contributed by atoms with van der Waals surface area (Å²) < 4.78 is 32.5. The lowest BCUT2D eigenvalue weighted by Gasteiger charge is -2.08. The zero-order chi connectivity index (χ0) is 16.0. The van der Waals surface area contributed by atoms with Crippen molar-refractivity contribution in [2.45, 2.75) is 30.4 Å². The van der Waals surface area contributed by atoms with Crippen LogP contribution in [-0.2, 0) is 16.4 Å². The Morgan fingerprint density at radius 1 is 1.14 bits per heavy atom. The molecule has 120 valence electrons. The summed E-state index contributed by atoms with van der Waals surface area (Å²) >= 11 is 1.29. The number of rotatable bonds is 8. The largest absolute Gasteiger partial charge is 0.496 e. The van der Waals surface area contributed by atoms with E-state index in [-0.39, 0.29) is 0 Å². The minimum absolute atomic E-state index is 0.384. The maximum atomic E-state index is 12.1. The predicted molar refractivity (Wildman–Crippen MR) is 90.2 cm³/mol. The van der Waals surface area contributed by atoms with Gasteiger partial charge in [-0.1, -0.05) is 18.2 Å². The molecule has 0 radical (unpaired) electrons. The van der Waals surface area contributed by atoms with Crippen molar-refractivity contribution in [1.29, 1.82) is 0 Å². The number of benzene rings is 1. The minimum Gasteiger partial charge on any atom is -0.496 e. The average molecular weight is 339 g/mol. The number of hydrogen-bond acceptors (Lipinski definition) is 4. The molecule has 0 spiro atoms. The van der Waals surface area contributed by atoms with E-state index in [0.717, 1.165) is 35.5 Å². The normalized spacial score (nSPS) is 11.5. The predicted octanol–water partition coefficient (Wildman–Crippen LogP) is 3.37. The smallest absolute Gasteiger partial charge is 0.250 e. The highest BCUT2D eigenvalue weighted by atomic mass is 32.2. The molecule has 1 heterocycles. The van der Waals surface area contributed by atoms with Crippen LogP contribution in [0.4, 0.5) is 0 Å². The molecule has 0 amide bonds. The highest BCUT2D eigenvalue weighted by Gasteiger charge is 2.15. The van der Waals surface area contributed by atoms with E-state index in [0.29, 0.717) is 10.8 Å². The molecule has 1 aromatic carbocycles. The van der Waals surface area contributed by atoms with Gasteiger partial charge in [0.15, 0.2) is 0 Å². The van der Waals surface area contributed by atoms with E-state index in [4.69, 9.17) is 4.74 Å². The number of hydrogen-bond donors (Lipinski definition) is 1. The first-order valence-corrected chi connectivity index (χ1v) is 9.51. The SMILES string of the molecule is COc1ccccc1CCCCNS(=O)(=O)c1ccc(C)s1. The summed E-state index contributed by atoms with van der Waals surface area (Å²) in [5, 5.41) is 0. The summed E-state index contributed by atoms with van der Waals surface area (Å²) in [5.41, 5.74) is 1.15. The second kappa shape index (κ2) is 7.76. The first-order valence-electron chi connectivity index (χ1n) is 7.21. The zero-order valence-corrected chi connectivity index (χ0v) is 14.5. The number of unbranched alkanes of at least 4 members (excludes halogenated alkanes) is 1. The lowest BCUT2D eigenvalue weighted by molar-refractivity contribution is 0.409. The molecule has 0 bridgehead atoms. The van der Waals surface area contributed by atoms with E-state index in [2.05, 4.69) is 4.72 Å². The second-order valence-corrected chi connectivity index (χ2v) is 8.31. The molecule has 0 aliphatic carbocycles. The number of thiophene rings is 1. The van der Waals surface area contributed by atoms with Crippen molar-refractivity contribution in [3.05, 3.63) is 46.8 Å². The van der Waals surface area contributed by atoms with Gasteiger partial charge in [0.1, 0.15) is 9.96 Å². The lowest BCUT2D eigenvalue weighted by Crippen LogP contribution is -2.24. The van der Waals surface area contributed by atoms with Gasteiger partial charge in [0.05, 0.1) is 7.11 Å². The van der Waals surface area contributed by atoms with E-state index in [9.17, 15) is 8.42 Å². The van der Waals surface area contributed by atoms with Gasteiger partial charge >= 0.3 is 0 Å². The molecule has 22 heavy (non-hydrogen) atoms. The molecule has 1 N–H and O–H groups in total. The van der Waals surface area contributed by atoms with Gasteiger partial charge in [0, 0.05) is 11.4 Å². The third kappa shape index (κ3) is 4.56. The summed E-state index contributed by atoms with van der Waals surface area (Å²) in [6.07, 6.45) is 2.58. The summed E-state index contributed by atoms with van der Waals surface area (Å²) in [6.45, 7) is 2.35. The quantitative estimate of drug-likeness (QED) is 0.750. The maximum Gasteiger partial charge on any atom is 0.250 e. The summed E-state index contributed by atoms with van der Waals surface area (Å²) in [5.74, 6) is 0.886. The van der Waals surface area contributed by atoms with Crippen molar-refractivity contribution >= 4 is 21.4 Å². The molecule has 0 saturated carbocycles. The van der Waals surface area contributed by atoms with Crippen LogP contribution in [0.1, 0.15) is 23.3 Å². The van der Waals surface area contributed by atoms with Crippen LogP contribution in [0.2, 0.25) is 0 Å². The molecule has 0 aliphatic heterocycles. The average Bonchev–Trinajstić information content (AvgIpc) is 2.95. The van der Waals surface area contributed by atoms with Crippen LogP contribution in [0.25, 0.3) is 0 Å². The molecular formula is C16H21NO3S2. The van der Waals surface area contributed by atoms with E-state index in [1.165, 1.54) is 11.3 Å². The zero-order valence-electron chi connectivity index (χ0n) is 12.8. The van der Waals surface area contributed by atoms with Gasteiger partial charge in [-0.2, -0.15) is 0 Å². The Morgan fingerprint density at radius 3 is 2.59 bits per heavy atom. The lowest BCUT2D eigenvalue weighted by atomic mass is 10.1. The summed E-state index contributed by atoms with van der Waals surface area (Å²) in [4.78, 5) is 0.997. The van der Waals surface area contributed by atoms with Gasteiger partial charge in [-0.05, 0) is 49.9 Å². The Morgan fingerprint density at radius 2 is 1.91 bits per heavy atom. The Hall–Kier alpha value is -1.37.